The molecule has 4 heteroatoms. The van der Waals surface area contributed by atoms with E-state index >= 15 is 0 Å². The summed E-state index contributed by atoms with van der Waals surface area (Å²) in [6, 6.07) is 0. The van der Waals surface area contributed by atoms with Gasteiger partial charge in [0.05, 0.1) is 5.25 Å². The summed E-state index contributed by atoms with van der Waals surface area (Å²) in [6.07, 6.45) is 14.1. The molecule has 0 amide bonds. The minimum absolute atomic E-state index is 0.0224. The predicted octanol–water partition coefficient (Wildman–Crippen LogP) is 6.82. The molecule has 0 aliphatic rings. The van der Waals surface area contributed by atoms with Gasteiger partial charge in [0.2, 0.25) is 0 Å². The molecule has 142 valence electrons. The second-order valence-corrected chi connectivity index (χ2v) is 9.73. The van der Waals surface area contributed by atoms with Gasteiger partial charge in [0, 0.05) is 6.42 Å². The SMILES string of the molecule is CCCCCCCCCCCCC(SC(=O)CC(C)(C)C)C(=O)S. The average molecular weight is 375 g/mol. The van der Waals surface area contributed by atoms with Crippen LogP contribution >= 0.6 is 24.4 Å². The van der Waals surface area contributed by atoms with Crippen molar-refractivity contribution >= 4 is 34.6 Å². The molecule has 0 fully saturated rings. The van der Waals surface area contributed by atoms with Crippen molar-refractivity contribution in [3.8, 4) is 0 Å². The first-order valence-electron chi connectivity index (χ1n) is 9.68. The van der Waals surface area contributed by atoms with E-state index in [9.17, 15) is 9.59 Å². The lowest BCUT2D eigenvalue weighted by atomic mass is 9.93. The summed E-state index contributed by atoms with van der Waals surface area (Å²) >= 11 is 5.16. The minimum Gasteiger partial charge on any atom is -0.287 e. The standard InChI is InChI=1S/C20H38O2S2/c1-5-6-7-8-9-10-11-12-13-14-15-17(19(22)23)24-18(21)16-20(2,3)4/h17H,5-16H2,1-4H3,(H,22,23). The maximum atomic E-state index is 12.0. The predicted molar refractivity (Wildman–Crippen MR) is 111 cm³/mol. The van der Waals surface area contributed by atoms with E-state index in [1.54, 1.807) is 0 Å². The number of unbranched alkanes of at least 4 members (excludes halogenated alkanes) is 9. The molecule has 0 bridgehead atoms. The van der Waals surface area contributed by atoms with E-state index in [0.29, 0.717) is 6.42 Å². The fourth-order valence-electron chi connectivity index (χ4n) is 2.68. The Morgan fingerprint density at radius 1 is 0.875 bits per heavy atom. The molecule has 0 spiro atoms. The second kappa shape index (κ2) is 14.2. The van der Waals surface area contributed by atoms with Crippen LogP contribution in [0.5, 0.6) is 0 Å². The Balaban J connectivity index is 3.76. The molecule has 0 aliphatic carbocycles. The molecule has 0 radical (unpaired) electrons. The van der Waals surface area contributed by atoms with Crippen molar-refractivity contribution in [2.45, 2.75) is 110 Å². The van der Waals surface area contributed by atoms with Gasteiger partial charge >= 0.3 is 0 Å². The van der Waals surface area contributed by atoms with Crippen LogP contribution in [0, 0.1) is 5.41 Å². The summed E-state index contributed by atoms with van der Waals surface area (Å²) in [7, 11) is 0. The van der Waals surface area contributed by atoms with Crippen LogP contribution in [0.15, 0.2) is 0 Å². The largest absolute Gasteiger partial charge is 0.287 e. The molecule has 0 heterocycles. The van der Waals surface area contributed by atoms with Gasteiger partial charge in [-0.25, -0.2) is 0 Å². The molecule has 2 nitrogen and oxygen atoms in total. The normalized spacial score (nSPS) is 13.0. The zero-order valence-corrected chi connectivity index (χ0v) is 17.9. The van der Waals surface area contributed by atoms with Crippen LogP contribution in [0.1, 0.15) is 105 Å². The maximum Gasteiger partial charge on any atom is 0.199 e. The Morgan fingerprint density at radius 3 is 1.75 bits per heavy atom. The smallest absolute Gasteiger partial charge is 0.199 e. The van der Waals surface area contributed by atoms with Gasteiger partial charge in [0.15, 0.2) is 10.2 Å². The Morgan fingerprint density at radius 2 is 1.33 bits per heavy atom. The lowest BCUT2D eigenvalue weighted by Gasteiger charge is -2.18. The summed E-state index contributed by atoms with van der Waals surface area (Å²) < 4.78 is 0. The molecule has 0 N–H and O–H groups in total. The van der Waals surface area contributed by atoms with Crippen LogP contribution in [0.25, 0.3) is 0 Å². The average Bonchev–Trinajstić information content (AvgIpc) is 2.45. The van der Waals surface area contributed by atoms with Crippen molar-refractivity contribution in [3.63, 3.8) is 0 Å². The number of carbonyl (C=O) groups is 2. The van der Waals surface area contributed by atoms with Crippen molar-refractivity contribution < 1.29 is 9.59 Å². The van der Waals surface area contributed by atoms with Gasteiger partial charge in [-0.15, -0.1) is 12.6 Å². The van der Waals surface area contributed by atoms with Gasteiger partial charge in [-0.1, -0.05) is 104 Å². The molecule has 1 unspecified atom stereocenters. The summed E-state index contributed by atoms with van der Waals surface area (Å²) in [5.74, 6) is 0. The number of rotatable bonds is 14. The first-order chi connectivity index (χ1) is 11.3. The third-order valence-electron chi connectivity index (χ3n) is 4.04. The van der Waals surface area contributed by atoms with Gasteiger partial charge in [0.1, 0.15) is 0 Å². The molecule has 0 rings (SSSR count). The van der Waals surface area contributed by atoms with Crippen molar-refractivity contribution in [1.82, 2.24) is 0 Å². The summed E-state index contributed by atoms with van der Waals surface area (Å²) in [5.41, 5.74) is -0.0224. The highest BCUT2D eigenvalue weighted by Gasteiger charge is 2.23. The number of thiol groups is 1. The van der Waals surface area contributed by atoms with E-state index in [2.05, 4.69) is 19.6 Å². The molecule has 1 atom stereocenters. The Bertz CT molecular complexity index is 348. The van der Waals surface area contributed by atoms with Gasteiger partial charge in [-0.3, -0.25) is 9.59 Å². The monoisotopic (exact) mass is 374 g/mol. The van der Waals surface area contributed by atoms with Gasteiger partial charge in [-0.2, -0.15) is 0 Å². The molecule has 0 saturated heterocycles. The van der Waals surface area contributed by atoms with E-state index in [0.717, 1.165) is 19.3 Å². The highest BCUT2D eigenvalue weighted by molar-refractivity contribution is 8.16. The van der Waals surface area contributed by atoms with Crippen LogP contribution in [0.2, 0.25) is 0 Å². The quantitative estimate of drug-likeness (QED) is 0.267. The summed E-state index contributed by atoms with van der Waals surface area (Å²) in [4.78, 5) is 23.7. The van der Waals surface area contributed by atoms with Gasteiger partial charge < -0.3 is 0 Å². The van der Waals surface area contributed by atoms with E-state index in [1.165, 1.54) is 63.1 Å². The maximum absolute atomic E-state index is 12.0. The minimum atomic E-state index is -0.266. The number of hydrogen-bond acceptors (Lipinski definition) is 3. The van der Waals surface area contributed by atoms with Crippen molar-refractivity contribution in [2.24, 2.45) is 5.41 Å². The van der Waals surface area contributed by atoms with Crippen LogP contribution in [-0.4, -0.2) is 15.5 Å². The zero-order valence-electron chi connectivity index (χ0n) is 16.2. The first kappa shape index (κ1) is 24.0. The molecule has 0 aromatic carbocycles. The Hall–Kier alpha value is 0.0400. The fraction of sp³-hybridized carbons (Fsp3) is 0.900. The van der Waals surface area contributed by atoms with E-state index in [-0.39, 0.29) is 20.9 Å². The molecular weight excluding hydrogens is 336 g/mol. The third kappa shape index (κ3) is 15.6. The lowest BCUT2D eigenvalue weighted by Crippen LogP contribution is -2.18. The third-order valence-corrected chi connectivity index (χ3v) is 5.67. The Kier molecular flexibility index (Phi) is 14.3. The highest BCUT2D eigenvalue weighted by atomic mass is 32.2. The first-order valence-corrected chi connectivity index (χ1v) is 11.0. The van der Waals surface area contributed by atoms with Crippen molar-refractivity contribution in [2.75, 3.05) is 0 Å². The van der Waals surface area contributed by atoms with Crippen LogP contribution < -0.4 is 0 Å². The van der Waals surface area contributed by atoms with Gasteiger partial charge in [-0.05, 0) is 11.8 Å². The molecule has 0 aromatic heterocycles. The number of carbonyl (C=O) groups excluding carboxylic acids is 2. The van der Waals surface area contributed by atoms with E-state index in [1.807, 2.05) is 20.8 Å². The number of thioether (sulfide) groups is 1. The summed E-state index contributed by atoms with van der Waals surface area (Å²) in [5, 5.41) is -0.308. The Labute approximate surface area is 159 Å². The topological polar surface area (TPSA) is 34.1 Å². The van der Waals surface area contributed by atoms with Crippen molar-refractivity contribution in [1.29, 1.82) is 0 Å². The lowest BCUT2D eigenvalue weighted by molar-refractivity contribution is -0.113. The molecular formula is C20H38O2S2. The van der Waals surface area contributed by atoms with Crippen LogP contribution in [0.4, 0.5) is 0 Å². The van der Waals surface area contributed by atoms with Crippen LogP contribution in [0.3, 0.4) is 0 Å². The van der Waals surface area contributed by atoms with Crippen LogP contribution in [-0.2, 0) is 9.59 Å². The molecule has 0 saturated carbocycles. The zero-order chi connectivity index (χ0) is 18.4. The summed E-state index contributed by atoms with van der Waals surface area (Å²) in [6.45, 7) is 8.39. The molecule has 24 heavy (non-hydrogen) atoms. The highest BCUT2D eigenvalue weighted by Crippen LogP contribution is 2.28. The van der Waals surface area contributed by atoms with E-state index < -0.39 is 0 Å². The number of hydrogen-bond donors (Lipinski definition) is 1. The molecule has 0 aromatic rings. The second-order valence-electron chi connectivity index (χ2n) is 8.02. The van der Waals surface area contributed by atoms with E-state index in [4.69, 9.17) is 0 Å². The fourth-order valence-corrected chi connectivity index (χ4v) is 4.19. The van der Waals surface area contributed by atoms with Crippen molar-refractivity contribution in [3.05, 3.63) is 0 Å². The molecule has 0 aliphatic heterocycles. The van der Waals surface area contributed by atoms with Gasteiger partial charge in [0.25, 0.3) is 0 Å².